The number of carbonyl (C=O) groups excluding carboxylic acids is 1. The fourth-order valence-electron chi connectivity index (χ4n) is 1.15. The Morgan fingerprint density at radius 2 is 2.06 bits per heavy atom. The first-order chi connectivity index (χ1) is 7.95. The monoisotopic (exact) mass is 255 g/mol. The van der Waals surface area contributed by atoms with E-state index in [-0.39, 0.29) is 17.1 Å². The van der Waals surface area contributed by atoms with Gasteiger partial charge in [-0.2, -0.15) is 0 Å². The molecule has 0 unspecified atom stereocenters. The molecule has 0 heterocycles. The van der Waals surface area contributed by atoms with Crippen LogP contribution in [0, 0.1) is 0 Å². The van der Waals surface area contributed by atoms with Crippen molar-refractivity contribution >= 4 is 21.7 Å². The molecule has 0 aliphatic rings. The van der Waals surface area contributed by atoms with Crippen molar-refractivity contribution in [3.8, 4) is 0 Å². The van der Waals surface area contributed by atoms with Crippen LogP contribution >= 0.6 is 0 Å². The Kier molecular flexibility index (Phi) is 4.24. The predicted octanol–water partition coefficient (Wildman–Crippen LogP) is 0.641. The molecule has 2 amide bonds. The molecule has 0 aliphatic carbocycles. The molecule has 0 radical (unpaired) electrons. The number of rotatable bonds is 4. The first kappa shape index (κ1) is 13.2. The molecule has 1 aromatic rings. The number of benzene rings is 1. The highest BCUT2D eigenvalue weighted by Gasteiger charge is 2.14. The summed E-state index contributed by atoms with van der Waals surface area (Å²) < 4.78 is 22.5. The van der Waals surface area contributed by atoms with Crippen LogP contribution in [-0.2, 0) is 10.0 Å². The first-order valence-corrected chi connectivity index (χ1v) is 6.27. The second-order valence-corrected chi connectivity index (χ2v) is 4.69. The summed E-state index contributed by atoms with van der Waals surface area (Å²) in [6, 6.07) is 5.36. The van der Waals surface area contributed by atoms with E-state index in [1.807, 2.05) is 0 Å². The zero-order valence-electron chi connectivity index (χ0n) is 9.01. The minimum absolute atomic E-state index is 0.131. The number of urea groups is 1. The highest BCUT2D eigenvalue weighted by atomic mass is 32.2. The Balaban J connectivity index is 2.92. The van der Waals surface area contributed by atoms with E-state index in [1.54, 1.807) is 6.07 Å². The van der Waals surface area contributed by atoms with Gasteiger partial charge in [0.05, 0.1) is 5.69 Å². The van der Waals surface area contributed by atoms with Crippen molar-refractivity contribution in [2.45, 2.75) is 4.90 Å². The maximum absolute atomic E-state index is 11.3. The number of amides is 2. The van der Waals surface area contributed by atoms with Crippen molar-refractivity contribution in [3.63, 3.8) is 0 Å². The van der Waals surface area contributed by atoms with Gasteiger partial charge < -0.3 is 10.6 Å². The maximum atomic E-state index is 11.3. The van der Waals surface area contributed by atoms with Crippen molar-refractivity contribution in [2.75, 3.05) is 11.9 Å². The Labute approximate surface area is 99.6 Å². The number of anilines is 1. The molecule has 1 rings (SSSR count). The van der Waals surface area contributed by atoms with Gasteiger partial charge in [-0.05, 0) is 12.1 Å². The molecule has 0 fully saturated rings. The van der Waals surface area contributed by atoms with Crippen molar-refractivity contribution in [2.24, 2.45) is 5.14 Å². The number of nitrogens with one attached hydrogen (secondary N) is 2. The van der Waals surface area contributed by atoms with Gasteiger partial charge in [0.25, 0.3) is 0 Å². The van der Waals surface area contributed by atoms with E-state index < -0.39 is 16.1 Å². The zero-order valence-corrected chi connectivity index (χ0v) is 9.83. The number of para-hydroxylation sites is 1. The predicted molar refractivity (Wildman–Crippen MR) is 65.0 cm³/mol. The highest BCUT2D eigenvalue weighted by Crippen LogP contribution is 2.18. The molecule has 0 atom stereocenters. The summed E-state index contributed by atoms with van der Waals surface area (Å²) in [6.45, 7) is 3.72. The van der Waals surface area contributed by atoms with Gasteiger partial charge in [-0.3, -0.25) is 0 Å². The summed E-state index contributed by atoms with van der Waals surface area (Å²) in [5, 5.41) is 9.87. The van der Waals surface area contributed by atoms with Crippen LogP contribution in [0.5, 0.6) is 0 Å². The molecular weight excluding hydrogens is 242 g/mol. The molecule has 6 nitrogen and oxygen atoms in total. The van der Waals surface area contributed by atoms with E-state index in [2.05, 4.69) is 17.2 Å². The summed E-state index contributed by atoms with van der Waals surface area (Å²) in [7, 11) is -3.86. The van der Waals surface area contributed by atoms with E-state index in [9.17, 15) is 13.2 Å². The van der Waals surface area contributed by atoms with Gasteiger partial charge in [0.2, 0.25) is 10.0 Å². The van der Waals surface area contributed by atoms with E-state index in [0.717, 1.165) is 0 Å². The van der Waals surface area contributed by atoms with E-state index >= 15 is 0 Å². The normalized spacial score (nSPS) is 10.6. The van der Waals surface area contributed by atoms with Crippen LogP contribution in [0.15, 0.2) is 41.8 Å². The fourth-order valence-corrected chi connectivity index (χ4v) is 1.84. The van der Waals surface area contributed by atoms with Crippen LogP contribution < -0.4 is 15.8 Å². The molecule has 7 heteroatoms. The molecule has 0 bridgehead atoms. The minimum Gasteiger partial charge on any atom is -0.334 e. The Hall–Kier alpha value is -1.86. The van der Waals surface area contributed by atoms with Crippen LogP contribution in [0.3, 0.4) is 0 Å². The molecule has 17 heavy (non-hydrogen) atoms. The van der Waals surface area contributed by atoms with E-state index in [4.69, 9.17) is 5.14 Å². The molecule has 0 spiro atoms. The lowest BCUT2D eigenvalue weighted by Gasteiger charge is -2.09. The summed E-state index contributed by atoms with van der Waals surface area (Å²) in [4.78, 5) is 11.2. The van der Waals surface area contributed by atoms with Crippen molar-refractivity contribution in [1.29, 1.82) is 0 Å². The smallest absolute Gasteiger partial charge is 0.319 e. The molecule has 0 aromatic heterocycles. The third-order valence-electron chi connectivity index (χ3n) is 1.85. The van der Waals surface area contributed by atoms with Crippen LogP contribution in [0.2, 0.25) is 0 Å². The van der Waals surface area contributed by atoms with Crippen LogP contribution in [0.4, 0.5) is 10.5 Å². The molecule has 0 saturated heterocycles. The van der Waals surface area contributed by atoms with Gasteiger partial charge in [-0.15, -0.1) is 6.58 Å². The quantitative estimate of drug-likeness (QED) is 0.688. The molecule has 1 aromatic carbocycles. The lowest BCUT2D eigenvalue weighted by Crippen LogP contribution is -2.29. The molecular formula is C10H13N3O3S. The van der Waals surface area contributed by atoms with Crippen LogP contribution in [-0.4, -0.2) is 21.0 Å². The number of hydrogen-bond acceptors (Lipinski definition) is 3. The Bertz CT molecular complexity index is 525. The lowest BCUT2D eigenvalue weighted by atomic mass is 10.3. The fraction of sp³-hybridized carbons (Fsp3) is 0.100. The Morgan fingerprint density at radius 1 is 1.41 bits per heavy atom. The zero-order chi connectivity index (χ0) is 12.9. The van der Waals surface area contributed by atoms with Crippen LogP contribution in [0.25, 0.3) is 0 Å². The summed E-state index contributed by atoms with van der Waals surface area (Å²) in [6.07, 6.45) is 1.51. The third-order valence-corrected chi connectivity index (χ3v) is 2.82. The molecule has 4 N–H and O–H groups in total. The second kappa shape index (κ2) is 5.46. The molecule has 0 aliphatic heterocycles. The van der Waals surface area contributed by atoms with Gasteiger partial charge in [0.1, 0.15) is 4.90 Å². The maximum Gasteiger partial charge on any atom is 0.319 e. The standard InChI is InChI=1S/C10H13N3O3S/c1-2-7-12-10(14)13-8-5-3-4-6-9(8)17(11,15)16/h2-6H,1,7H2,(H2,11,15,16)(H2,12,13,14). The Morgan fingerprint density at radius 3 is 2.65 bits per heavy atom. The lowest BCUT2D eigenvalue weighted by molar-refractivity contribution is 0.253. The van der Waals surface area contributed by atoms with Crippen molar-refractivity contribution in [3.05, 3.63) is 36.9 Å². The van der Waals surface area contributed by atoms with E-state index in [1.165, 1.54) is 24.3 Å². The molecule has 0 saturated carbocycles. The average molecular weight is 255 g/mol. The highest BCUT2D eigenvalue weighted by molar-refractivity contribution is 7.89. The SMILES string of the molecule is C=CCNC(=O)Nc1ccccc1S(N)(=O)=O. The van der Waals surface area contributed by atoms with Gasteiger partial charge in [0, 0.05) is 6.54 Å². The first-order valence-electron chi connectivity index (χ1n) is 4.72. The van der Waals surface area contributed by atoms with Crippen molar-refractivity contribution in [1.82, 2.24) is 5.32 Å². The molecule has 92 valence electrons. The number of nitrogens with two attached hydrogens (primary N) is 1. The summed E-state index contributed by atoms with van der Waals surface area (Å²) in [5.41, 5.74) is 0.136. The second-order valence-electron chi connectivity index (χ2n) is 3.16. The number of hydrogen-bond donors (Lipinski definition) is 3. The van der Waals surface area contributed by atoms with Gasteiger partial charge >= 0.3 is 6.03 Å². The number of sulfonamides is 1. The topological polar surface area (TPSA) is 101 Å². The van der Waals surface area contributed by atoms with Gasteiger partial charge in [0.15, 0.2) is 0 Å². The summed E-state index contributed by atoms with van der Waals surface area (Å²) >= 11 is 0. The van der Waals surface area contributed by atoms with Crippen LogP contribution in [0.1, 0.15) is 0 Å². The van der Waals surface area contributed by atoms with E-state index in [0.29, 0.717) is 0 Å². The third kappa shape index (κ3) is 3.89. The number of primary sulfonamides is 1. The largest absolute Gasteiger partial charge is 0.334 e. The minimum atomic E-state index is -3.86. The van der Waals surface area contributed by atoms with Gasteiger partial charge in [-0.25, -0.2) is 18.4 Å². The summed E-state index contributed by atoms with van der Waals surface area (Å²) in [5.74, 6) is 0. The number of carbonyl (C=O) groups is 1. The van der Waals surface area contributed by atoms with Crippen molar-refractivity contribution < 1.29 is 13.2 Å². The average Bonchev–Trinajstić information content (AvgIpc) is 2.25. The van der Waals surface area contributed by atoms with Gasteiger partial charge in [-0.1, -0.05) is 18.2 Å².